The first kappa shape index (κ1) is 16.3. The van der Waals surface area contributed by atoms with E-state index < -0.39 is 0 Å². The van der Waals surface area contributed by atoms with Crippen LogP contribution in [-0.4, -0.2) is 49.8 Å². The second kappa shape index (κ2) is 7.79. The molecule has 1 heterocycles. The third-order valence-corrected chi connectivity index (χ3v) is 4.51. The lowest BCUT2D eigenvalue weighted by molar-refractivity contribution is -0.123. The molecule has 0 spiro atoms. The average molecular weight is 318 g/mol. The predicted molar refractivity (Wildman–Crippen MR) is 88.4 cm³/mol. The minimum Gasteiger partial charge on any atom is -0.497 e. The molecule has 23 heavy (non-hydrogen) atoms. The van der Waals surface area contributed by atoms with Crippen molar-refractivity contribution >= 4 is 5.91 Å². The molecule has 2 aliphatic rings. The van der Waals surface area contributed by atoms with Gasteiger partial charge in [0.1, 0.15) is 5.75 Å². The summed E-state index contributed by atoms with van der Waals surface area (Å²) in [4.78, 5) is 14.5. The molecular weight excluding hydrogens is 292 g/mol. The Balaban J connectivity index is 1.48. The molecule has 126 valence electrons. The Morgan fingerprint density at radius 2 is 2.09 bits per heavy atom. The number of benzene rings is 1. The maximum atomic E-state index is 12.2. The van der Waals surface area contributed by atoms with Crippen molar-refractivity contribution in [3.63, 3.8) is 0 Å². The van der Waals surface area contributed by atoms with Crippen LogP contribution in [0.4, 0.5) is 0 Å². The van der Waals surface area contributed by atoms with Gasteiger partial charge in [-0.2, -0.15) is 0 Å². The number of hydrogen-bond donors (Lipinski definition) is 1. The van der Waals surface area contributed by atoms with E-state index in [1.807, 2.05) is 12.1 Å². The smallest absolute Gasteiger partial charge is 0.234 e. The van der Waals surface area contributed by atoms with Crippen molar-refractivity contribution in [2.75, 3.05) is 26.8 Å². The minimum atomic E-state index is 0.0981. The fourth-order valence-electron chi connectivity index (χ4n) is 2.99. The normalized spacial score (nSPS) is 20.7. The largest absolute Gasteiger partial charge is 0.497 e. The summed E-state index contributed by atoms with van der Waals surface area (Å²) in [5.74, 6) is 0.960. The molecule has 1 aromatic carbocycles. The van der Waals surface area contributed by atoms with Crippen LogP contribution < -0.4 is 10.1 Å². The van der Waals surface area contributed by atoms with Gasteiger partial charge in [0.15, 0.2) is 0 Å². The summed E-state index contributed by atoms with van der Waals surface area (Å²) < 4.78 is 10.7. The lowest BCUT2D eigenvalue weighted by atomic mass is 10.2. The van der Waals surface area contributed by atoms with Gasteiger partial charge in [0.25, 0.3) is 0 Å². The lowest BCUT2D eigenvalue weighted by Crippen LogP contribution is -2.40. The number of rotatable bonds is 8. The summed E-state index contributed by atoms with van der Waals surface area (Å²) in [6, 6.07) is 8.62. The van der Waals surface area contributed by atoms with E-state index in [0.717, 1.165) is 31.7 Å². The molecule has 0 bridgehead atoms. The second-order valence-corrected chi connectivity index (χ2v) is 6.42. The van der Waals surface area contributed by atoms with Gasteiger partial charge in [-0.1, -0.05) is 12.1 Å². The van der Waals surface area contributed by atoms with Gasteiger partial charge in [0, 0.05) is 25.7 Å². The van der Waals surface area contributed by atoms with Gasteiger partial charge in [-0.25, -0.2) is 0 Å². The van der Waals surface area contributed by atoms with Crippen LogP contribution in [0.3, 0.4) is 0 Å². The molecular formula is C18H26N2O3. The van der Waals surface area contributed by atoms with E-state index in [4.69, 9.17) is 9.47 Å². The lowest BCUT2D eigenvalue weighted by Gasteiger charge is -2.22. The first-order valence-electron chi connectivity index (χ1n) is 8.50. The number of carbonyl (C=O) groups excluding carboxylic acids is 1. The van der Waals surface area contributed by atoms with Crippen molar-refractivity contribution in [3.8, 4) is 5.75 Å². The van der Waals surface area contributed by atoms with Crippen molar-refractivity contribution in [2.24, 2.45) is 0 Å². The van der Waals surface area contributed by atoms with Gasteiger partial charge in [0.2, 0.25) is 5.91 Å². The van der Waals surface area contributed by atoms with Crippen molar-refractivity contribution in [1.82, 2.24) is 10.2 Å². The second-order valence-electron chi connectivity index (χ2n) is 6.42. The Hall–Kier alpha value is -1.59. The quantitative estimate of drug-likeness (QED) is 0.796. The summed E-state index contributed by atoms with van der Waals surface area (Å²) in [5.41, 5.74) is 1.21. The van der Waals surface area contributed by atoms with Crippen LogP contribution in [0.25, 0.3) is 0 Å². The van der Waals surface area contributed by atoms with Crippen LogP contribution in [0.1, 0.15) is 31.2 Å². The Kier molecular flexibility index (Phi) is 5.51. The van der Waals surface area contributed by atoms with Crippen LogP contribution in [0.5, 0.6) is 5.75 Å². The monoisotopic (exact) mass is 318 g/mol. The molecule has 0 radical (unpaired) electrons. The molecule has 5 heteroatoms. The first-order valence-corrected chi connectivity index (χ1v) is 8.50. The SMILES string of the molecule is COc1ccc(CN(CC(=O)NCC2CCCO2)C2CC2)cc1. The highest BCUT2D eigenvalue weighted by atomic mass is 16.5. The van der Waals surface area contributed by atoms with Crippen molar-refractivity contribution in [3.05, 3.63) is 29.8 Å². The van der Waals surface area contributed by atoms with E-state index in [1.54, 1.807) is 7.11 Å². The van der Waals surface area contributed by atoms with Crippen molar-refractivity contribution < 1.29 is 14.3 Å². The molecule has 3 rings (SSSR count). The van der Waals surface area contributed by atoms with Crippen LogP contribution in [0.2, 0.25) is 0 Å². The van der Waals surface area contributed by atoms with Crippen molar-refractivity contribution in [2.45, 2.75) is 44.4 Å². The molecule has 5 nitrogen and oxygen atoms in total. The van der Waals surface area contributed by atoms with Gasteiger partial charge < -0.3 is 14.8 Å². The fraction of sp³-hybridized carbons (Fsp3) is 0.611. The number of methoxy groups -OCH3 is 1. The maximum Gasteiger partial charge on any atom is 0.234 e. The Morgan fingerprint density at radius 1 is 1.30 bits per heavy atom. The highest BCUT2D eigenvalue weighted by molar-refractivity contribution is 5.78. The summed E-state index contributed by atoms with van der Waals surface area (Å²) in [5, 5.41) is 3.02. The molecule has 2 fully saturated rings. The van der Waals surface area contributed by atoms with Crippen molar-refractivity contribution in [1.29, 1.82) is 0 Å². The summed E-state index contributed by atoms with van der Waals surface area (Å²) in [7, 11) is 1.67. The molecule has 1 atom stereocenters. The predicted octanol–water partition coefficient (Wildman–Crippen LogP) is 1.95. The molecule has 1 aliphatic carbocycles. The van der Waals surface area contributed by atoms with Crippen LogP contribution >= 0.6 is 0 Å². The first-order chi connectivity index (χ1) is 11.2. The highest BCUT2D eigenvalue weighted by Crippen LogP contribution is 2.28. The summed E-state index contributed by atoms with van der Waals surface area (Å²) in [6.45, 7) is 2.73. The third-order valence-electron chi connectivity index (χ3n) is 4.51. The maximum absolute atomic E-state index is 12.2. The summed E-state index contributed by atoms with van der Waals surface area (Å²) >= 11 is 0. The molecule has 1 aliphatic heterocycles. The molecule has 1 N–H and O–H groups in total. The van der Waals surface area contributed by atoms with E-state index in [9.17, 15) is 4.79 Å². The summed E-state index contributed by atoms with van der Waals surface area (Å²) in [6.07, 6.45) is 4.74. The van der Waals surface area contributed by atoms with E-state index in [0.29, 0.717) is 19.1 Å². The standard InChI is InChI=1S/C18H26N2O3/c1-22-16-8-4-14(5-9-16)12-20(15-6-7-15)13-18(21)19-11-17-3-2-10-23-17/h4-5,8-9,15,17H,2-3,6-7,10-13H2,1H3,(H,19,21). The average Bonchev–Trinajstić information content (AvgIpc) is 3.29. The zero-order valence-electron chi connectivity index (χ0n) is 13.8. The Morgan fingerprint density at radius 3 is 2.70 bits per heavy atom. The van der Waals surface area contributed by atoms with E-state index in [-0.39, 0.29) is 12.0 Å². The van der Waals surface area contributed by atoms with Gasteiger partial charge in [-0.05, 0) is 43.4 Å². The molecule has 1 saturated carbocycles. The number of carbonyl (C=O) groups is 1. The van der Waals surface area contributed by atoms with Gasteiger partial charge in [-0.3, -0.25) is 9.69 Å². The van der Waals surface area contributed by atoms with Gasteiger partial charge in [-0.15, -0.1) is 0 Å². The molecule has 1 unspecified atom stereocenters. The van der Waals surface area contributed by atoms with Gasteiger partial charge in [0.05, 0.1) is 19.8 Å². The topological polar surface area (TPSA) is 50.8 Å². The number of ether oxygens (including phenoxy) is 2. The van der Waals surface area contributed by atoms with Gasteiger partial charge >= 0.3 is 0 Å². The van der Waals surface area contributed by atoms with E-state index in [2.05, 4.69) is 22.3 Å². The number of amides is 1. The number of hydrogen-bond acceptors (Lipinski definition) is 4. The highest BCUT2D eigenvalue weighted by Gasteiger charge is 2.30. The minimum absolute atomic E-state index is 0.0981. The van der Waals surface area contributed by atoms with E-state index >= 15 is 0 Å². The zero-order valence-corrected chi connectivity index (χ0v) is 13.8. The molecule has 1 saturated heterocycles. The number of nitrogens with zero attached hydrogens (tertiary/aromatic N) is 1. The third kappa shape index (κ3) is 4.94. The Labute approximate surface area is 137 Å². The number of nitrogens with one attached hydrogen (secondary N) is 1. The van der Waals surface area contributed by atoms with Crippen LogP contribution in [0.15, 0.2) is 24.3 Å². The Bertz CT molecular complexity index is 508. The molecule has 0 aromatic heterocycles. The van der Waals surface area contributed by atoms with Crippen LogP contribution in [-0.2, 0) is 16.1 Å². The van der Waals surface area contributed by atoms with E-state index in [1.165, 1.54) is 18.4 Å². The zero-order chi connectivity index (χ0) is 16.1. The fourth-order valence-corrected chi connectivity index (χ4v) is 2.99. The van der Waals surface area contributed by atoms with Crippen LogP contribution in [0, 0.1) is 0 Å². The molecule has 1 aromatic rings. The molecule has 1 amide bonds.